The van der Waals surface area contributed by atoms with E-state index in [1.54, 1.807) is 0 Å². The van der Waals surface area contributed by atoms with Gasteiger partial charge in [-0.15, -0.1) is 0 Å². The minimum Gasteiger partial charge on any atom is -0.316 e. The first-order valence-corrected chi connectivity index (χ1v) is 6.52. The number of nitrogens with one attached hydrogen (secondary N) is 1. The van der Waals surface area contributed by atoms with Gasteiger partial charge in [0.25, 0.3) is 0 Å². The molecule has 90 valence electrons. The highest BCUT2D eigenvalue weighted by molar-refractivity contribution is 4.83. The van der Waals surface area contributed by atoms with Crippen LogP contribution in [-0.2, 0) is 0 Å². The molecule has 0 aliphatic carbocycles. The van der Waals surface area contributed by atoms with Gasteiger partial charge in [-0.2, -0.15) is 0 Å². The van der Waals surface area contributed by atoms with Crippen molar-refractivity contribution < 1.29 is 0 Å². The average Bonchev–Trinajstić information content (AvgIpc) is 2.10. The fraction of sp³-hybridized carbons (Fsp3) is 1.00. The summed E-state index contributed by atoms with van der Waals surface area (Å²) in [6.07, 6.45) is 3.89. The van der Waals surface area contributed by atoms with Crippen molar-refractivity contribution >= 4 is 0 Å². The lowest BCUT2D eigenvalue weighted by atomic mass is 9.94. The highest BCUT2D eigenvalue weighted by atomic mass is 15.2. The van der Waals surface area contributed by atoms with Crippen molar-refractivity contribution in [3.05, 3.63) is 0 Å². The Kier molecular flexibility index (Phi) is 5.07. The molecule has 0 bridgehead atoms. The van der Waals surface area contributed by atoms with Crippen molar-refractivity contribution in [3.8, 4) is 0 Å². The zero-order valence-corrected chi connectivity index (χ0v) is 11.0. The first-order chi connectivity index (χ1) is 7.06. The van der Waals surface area contributed by atoms with Gasteiger partial charge in [-0.25, -0.2) is 0 Å². The Labute approximate surface area is 95.4 Å². The van der Waals surface area contributed by atoms with Gasteiger partial charge in [0.2, 0.25) is 0 Å². The van der Waals surface area contributed by atoms with Gasteiger partial charge in [0.05, 0.1) is 0 Å². The Morgan fingerprint density at radius 1 is 1.40 bits per heavy atom. The summed E-state index contributed by atoms with van der Waals surface area (Å²) in [7, 11) is 0. The van der Waals surface area contributed by atoms with Crippen LogP contribution in [0.15, 0.2) is 0 Å². The molecule has 1 N–H and O–H groups in total. The topological polar surface area (TPSA) is 15.3 Å². The van der Waals surface area contributed by atoms with Gasteiger partial charge in [-0.05, 0) is 52.2 Å². The lowest BCUT2D eigenvalue weighted by Crippen LogP contribution is -2.49. The summed E-state index contributed by atoms with van der Waals surface area (Å²) in [6.45, 7) is 14.3. The third kappa shape index (κ3) is 4.12. The summed E-state index contributed by atoms with van der Waals surface area (Å²) in [5, 5.41) is 3.51. The second-order valence-electron chi connectivity index (χ2n) is 5.67. The van der Waals surface area contributed by atoms with Crippen LogP contribution in [0.4, 0.5) is 0 Å². The molecule has 2 heteroatoms. The fourth-order valence-electron chi connectivity index (χ4n) is 2.60. The van der Waals surface area contributed by atoms with Crippen molar-refractivity contribution in [2.24, 2.45) is 5.92 Å². The molecular formula is C13H28N2. The SMILES string of the molecule is CCCC(C)(C)N1CCCNCC(C)C1. The lowest BCUT2D eigenvalue weighted by molar-refractivity contribution is 0.0845. The van der Waals surface area contributed by atoms with Gasteiger partial charge in [0, 0.05) is 12.1 Å². The van der Waals surface area contributed by atoms with Crippen LogP contribution in [0.5, 0.6) is 0 Å². The molecule has 1 fully saturated rings. The normalized spacial score (nSPS) is 26.0. The smallest absolute Gasteiger partial charge is 0.0153 e. The summed E-state index contributed by atoms with van der Waals surface area (Å²) in [5.41, 5.74) is 0.389. The van der Waals surface area contributed by atoms with E-state index in [-0.39, 0.29) is 0 Å². The maximum atomic E-state index is 3.51. The Bertz CT molecular complexity index is 177. The summed E-state index contributed by atoms with van der Waals surface area (Å²) >= 11 is 0. The third-order valence-corrected chi connectivity index (χ3v) is 3.52. The van der Waals surface area contributed by atoms with Crippen LogP contribution in [0.1, 0.15) is 47.0 Å². The molecule has 1 rings (SSSR count). The summed E-state index contributed by atoms with van der Waals surface area (Å²) in [6, 6.07) is 0. The molecular weight excluding hydrogens is 184 g/mol. The number of hydrogen-bond donors (Lipinski definition) is 1. The molecule has 0 radical (unpaired) electrons. The Hall–Kier alpha value is -0.0800. The molecule has 1 heterocycles. The molecule has 0 saturated carbocycles. The van der Waals surface area contributed by atoms with E-state index < -0.39 is 0 Å². The first-order valence-electron chi connectivity index (χ1n) is 6.52. The van der Waals surface area contributed by atoms with Crippen molar-refractivity contribution in [2.75, 3.05) is 26.2 Å². The molecule has 0 aromatic carbocycles. The fourth-order valence-corrected chi connectivity index (χ4v) is 2.60. The van der Waals surface area contributed by atoms with E-state index in [0.717, 1.165) is 5.92 Å². The van der Waals surface area contributed by atoms with Crippen LogP contribution in [0, 0.1) is 5.92 Å². The van der Waals surface area contributed by atoms with E-state index in [9.17, 15) is 0 Å². The summed E-state index contributed by atoms with van der Waals surface area (Å²) in [4.78, 5) is 2.70. The summed E-state index contributed by atoms with van der Waals surface area (Å²) < 4.78 is 0. The van der Waals surface area contributed by atoms with E-state index in [2.05, 4.69) is 37.9 Å². The zero-order valence-electron chi connectivity index (χ0n) is 11.0. The molecule has 1 unspecified atom stereocenters. The zero-order chi connectivity index (χ0) is 11.3. The minimum absolute atomic E-state index is 0.389. The van der Waals surface area contributed by atoms with Gasteiger partial charge in [0.1, 0.15) is 0 Å². The average molecular weight is 212 g/mol. The lowest BCUT2D eigenvalue weighted by Gasteiger charge is -2.41. The molecule has 15 heavy (non-hydrogen) atoms. The Balaban J connectivity index is 2.55. The van der Waals surface area contributed by atoms with Crippen LogP contribution in [0.3, 0.4) is 0 Å². The van der Waals surface area contributed by atoms with Gasteiger partial charge >= 0.3 is 0 Å². The predicted octanol–water partition coefficient (Wildman–Crippen LogP) is 2.50. The van der Waals surface area contributed by atoms with Crippen LogP contribution in [0.25, 0.3) is 0 Å². The Morgan fingerprint density at radius 2 is 2.13 bits per heavy atom. The largest absolute Gasteiger partial charge is 0.316 e. The molecule has 1 atom stereocenters. The third-order valence-electron chi connectivity index (χ3n) is 3.52. The summed E-state index contributed by atoms with van der Waals surface area (Å²) in [5.74, 6) is 0.779. The molecule has 1 aliphatic heterocycles. The van der Waals surface area contributed by atoms with E-state index in [1.165, 1.54) is 45.4 Å². The predicted molar refractivity (Wildman–Crippen MR) is 67.2 cm³/mol. The monoisotopic (exact) mass is 212 g/mol. The van der Waals surface area contributed by atoms with Gasteiger partial charge in [-0.3, -0.25) is 4.90 Å². The van der Waals surface area contributed by atoms with E-state index >= 15 is 0 Å². The molecule has 0 spiro atoms. The number of hydrogen-bond acceptors (Lipinski definition) is 2. The molecule has 1 aliphatic rings. The van der Waals surface area contributed by atoms with Crippen molar-refractivity contribution in [2.45, 2.75) is 52.5 Å². The van der Waals surface area contributed by atoms with Crippen LogP contribution < -0.4 is 5.32 Å². The van der Waals surface area contributed by atoms with Gasteiger partial charge in [-0.1, -0.05) is 20.3 Å². The Morgan fingerprint density at radius 3 is 2.80 bits per heavy atom. The molecule has 2 nitrogen and oxygen atoms in total. The van der Waals surface area contributed by atoms with Gasteiger partial charge in [0.15, 0.2) is 0 Å². The first kappa shape index (κ1) is 13.0. The maximum Gasteiger partial charge on any atom is 0.0153 e. The van der Waals surface area contributed by atoms with Crippen LogP contribution in [0.2, 0.25) is 0 Å². The minimum atomic E-state index is 0.389. The van der Waals surface area contributed by atoms with E-state index in [1.807, 2.05) is 0 Å². The van der Waals surface area contributed by atoms with Gasteiger partial charge < -0.3 is 5.32 Å². The van der Waals surface area contributed by atoms with Crippen molar-refractivity contribution in [1.82, 2.24) is 10.2 Å². The van der Waals surface area contributed by atoms with Crippen molar-refractivity contribution in [1.29, 1.82) is 0 Å². The second kappa shape index (κ2) is 5.86. The van der Waals surface area contributed by atoms with E-state index in [0.29, 0.717) is 5.54 Å². The maximum absolute atomic E-state index is 3.51. The van der Waals surface area contributed by atoms with E-state index in [4.69, 9.17) is 0 Å². The molecule has 0 amide bonds. The molecule has 0 aromatic rings. The standard InChI is InChI=1S/C13H28N2/c1-5-7-13(3,4)15-9-6-8-14-10-12(2)11-15/h12,14H,5-11H2,1-4H3. The highest BCUT2D eigenvalue weighted by Gasteiger charge is 2.27. The molecule has 0 aromatic heterocycles. The highest BCUT2D eigenvalue weighted by Crippen LogP contribution is 2.22. The number of nitrogens with zero attached hydrogens (tertiary/aromatic N) is 1. The molecule has 1 saturated heterocycles. The van der Waals surface area contributed by atoms with Crippen LogP contribution >= 0.6 is 0 Å². The van der Waals surface area contributed by atoms with Crippen molar-refractivity contribution in [3.63, 3.8) is 0 Å². The second-order valence-corrected chi connectivity index (χ2v) is 5.67. The quantitative estimate of drug-likeness (QED) is 0.773. The number of rotatable bonds is 3. The van der Waals surface area contributed by atoms with Crippen LogP contribution in [-0.4, -0.2) is 36.6 Å².